The third kappa shape index (κ3) is 4.92. The van der Waals surface area contributed by atoms with Crippen molar-refractivity contribution in [2.45, 2.75) is 13.3 Å². The van der Waals surface area contributed by atoms with Crippen molar-refractivity contribution in [2.75, 3.05) is 39.4 Å². The number of morpholine rings is 1. The van der Waals surface area contributed by atoms with E-state index >= 15 is 0 Å². The monoisotopic (exact) mass is 470 g/mol. The predicted molar refractivity (Wildman–Crippen MR) is 139 cm³/mol. The summed E-state index contributed by atoms with van der Waals surface area (Å²) in [4.78, 5) is 34.2. The quantitative estimate of drug-likeness (QED) is 0.357. The maximum absolute atomic E-state index is 13.0. The number of benzene rings is 2. The molecule has 3 N–H and O–H groups in total. The Kier molecular flexibility index (Phi) is 6.79. The number of nitrogens with zero attached hydrogens (tertiary/aromatic N) is 1. The molecule has 0 spiro atoms. The highest BCUT2D eigenvalue weighted by Gasteiger charge is 2.20. The number of pyridine rings is 1. The molecule has 1 aliphatic rings. The highest BCUT2D eigenvalue weighted by atomic mass is 16.5. The van der Waals surface area contributed by atoms with Gasteiger partial charge in [-0.3, -0.25) is 14.5 Å². The number of rotatable bonds is 7. The summed E-state index contributed by atoms with van der Waals surface area (Å²) in [7, 11) is 0. The third-order valence-electron chi connectivity index (χ3n) is 6.60. The highest BCUT2D eigenvalue weighted by molar-refractivity contribution is 6.07. The summed E-state index contributed by atoms with van der Waals surface area (Å²) >= 11 is 0. The van der Waals surface area contributed by atoms with E-state index in [1.807, 2.05) is 42.5 Å². The minimum Gasteiger partial charge on any atom is -0.379 e. The van der Waals surface area contributed by atoms with E-state index in [4.69, 9.17) is 4.74 Å². The number of aryl methyl sites for hydroxylation is 1. The van der Waals surface area contributed by atoms with Crippen LogP contribution >= 0.6 is 0 Å². The molecule has 1 fully saturated rings. The van der Waals surface area contributed by atoms with Crippen molar-refractivity contribution in [2.24, 2.45) is 0 Å². The molecule has 0 atom stereocenters. The number of hydrogen-bond donors (Lipinski definition) is 3. The van der Waals surface area contributed by atoms with Gasteiger partial charge in [0.25, 0.3) is 11.5 Å². The first-order chi connectivity index (χ1) is 17.1. The molecule has 1 saturated heterocycles. The molecule has 0 saturated carbocycles. The number of nitrogens with one attached hydrogen (secondary N) is 3. The molecule has 0 radical (unpaired) electrons. The fourth-order valence-corrected chi connectivity index (χ4v) is 4.72. The Morgan fingerprint density at radius 1 is 1.06 bits per heavy atom. The predicted octanol–water partition coefficient (Wildman–Crippen LogP) is 3.95. The topological polar surface area (TPSA) is 90.2 Å². The first-order valence-electron chi connectivity index (χ1n) is 12.1. The van der Waals surface area contributed by atoms with Crippen molar-refractivity contribution in [1.29, 1.82) is 0 Å². The normalized spacial score (nSPS) is 14.3. The molecule has 35 heavy (non-hydrogen) atoms. The minimum atomic E-state index is -0.160. The summed E-state index contributed by atoms with van der Waals surface area (Å²) in [5, 5.41) is 3.97. The fraction of sp³-hybridized carbons (Fsp3) is 0.286. The van der Waals surface area contributed by atoms with E-state index in [2.05, 4.69) is 39.2 Å². The third-order valence-corrected chi connectivity index (χ3v) is 6.60. The minimum absolute atomic E-state index is 0.0927. The second-order valence-corrected chi connectivity index (χ2v) is 8.93. The fourth-order valence-electron chi connectivity index (χ4n) is 4.72. The molecule has 7 nitrogen and oxygen atoms in total. The van der Waals surface area contributed by atoms with Gasteiger partial charge >= 0.3 is 0 Å². The van der Waals surface area contributed by atoms with Crippen LogP contribution in [0.4, 0.5) is 0 Å². The lowest BCUT2D eigenvalue weighted by Gasteiger charge is -2.26. The zero-order valence-electron chi connectivity index (χ0n) is 19.9. The Balaban J connectivity index is 1.45. The summed E-state index contributed by atoms with van der Waals surface area (Å²) in [5.41, 5.74) is 5.69. The lowest BCUT2D eigenvalue weighted by Crippen LogP contribution is -2.38. The SMILES string of the molecule is Cc1ccccc1-c1c(-c2ccc[nH]c2=O)[nH]c2ccc(C(=O)NCCCN3CCOCC3)cc12. The summed E-state index contributed by atoms with van der Waals surface area (Å²) in [6, 6.07) is 17.4. The van der Waals surface area contributed by atoms with Gasteiger partial charge in [-0.05, 0) is 61.3 Å². The van der Waals surface area contributed by atoms with Crippen LogP contribution in [0.2, 0.25) is 0 Å². The number of hydrogen-bond acceptors (Lipinski definition) is 4. The number of carbonyl (C=O) groups excluding carboxylic acids is 1. The van der Waals surface area contributed by atoms with Crippen molar-refractivity contribution < 1.29 is 9.53 Å². The van der Waals surface area contributed by atoms with Crippen LogP contribution in [0, 0.1) is 6.92 Å². The molecule has 4 aromatic rings. The average molecular weight is 471 g/mol. The number of amides is 1. The molecule has 7 heteroatoms. The Morgan fingerprint density at radius 3 is 2.66 bits per heavy atom. The van der Waals surface area contributed by atoms with Gasteiger partial charge in [-0.15, -0.1) is 0 Å². The number of aromatic amines is 2. The molecule has 180 valence electrons. The second kappa shape index (κ2) is 10.3. The van der Waals surface area contributed by atoms with Gasteiger partial charge in [0.1, 0.15) is 0 Å². The van der Waals surface area contributed by atoms with E-state index in [1.54, 1.807) is 6.20 Å². The Labute approximate surface area is 204 Å². The van der Waals surface area contributed by atoms with E-state index in [-0.39, 0.29) is 11.5 Å². The molecule has 2 aromatic carbocycles. The van der Waals surface area contributed by atoms with E-state index in [0.29, 0.717) is 17.7 Å². The van der Waals surface area contributed by atoms with Crippen LogP contribution in [-0.2, 0) is 4.74 Å². The maximum atomic E-state index is 13.0. The summed E-state index contributed by atoms with van der Waals surface area (Å²) in [6.07, 6.45) is 2.52. The molecule has 1 aliphatic heterocycles. The van der Waals surface area contributed by atoms with Crippen LogP contribution in [0.15, 0.2) is 65.6 Å². The van der Waals surface area contributed by atoms with Crippen molar-refractivity contribution in [3.05, 3.63) is 82.3 Å². The summed E-state index contributed by atoms with van der Waals surface area (Å²) < 4.78 is 5.39. The second-order valence-electron chi connectivity index (χ2n) is 8.93. The molecular formula is C28H30N4O3. The van der Waals surface area contributed by atoms with Gasteiger partial charge in [0.05, 0.1) is 24.5 Å². The van der Waals surface area contributed by atoms with Gasteiger partial charge in [-0.1, -0.05) is 24.3 Å². The number of carbonyl (C=O) groups is 1. The Bertz CT molecular complexity index is 1400. The lowest BCUT2D eigenvalue weighted by atomic mass is 9.95. The van der Waals surface area contributed by atoms with Crippen LogP contribution in [0.3, 0.4) is 0 Å². The highest BCUT2D eigenvalue weighted by Crippen LogP contribution is 2.39. The zero-order chi connectivity index (χ0) is 24.2. The smallest absolute Gasteiger partial charge is 0.257 e. The van der Waals surface area contributed by atoms with Crippen molar-refractivity contribution in [3.8, 4) is 22.4 Å². The molecule has 1 amide bonds. The van der Waals surface area contributed by atoms with Crippen LogP contribution in [-0.4, -0.2) is 60.2 Å². The van der Waals surface area contributed by atoms with Gasteiger partial charge in [-0.25, -0.2) is 0 Å². The first-order valence-corrected chi connectivity index (χ1v) is 12.1. The molecule has 0 unspecified atom stereocenters. The Hall–Kier alpha value is -3.68. The molecule has 0 bridgehead atoms. The summed E-state index contributed by atoms with van der Waals surface area (Å²) in [5.74, 6) is -0.0927. The van der Waals surface area contributed by atoms with Crippen LogP contribution in [0.5, 0.6) is 0 Å². The molecule has 2 aromatic heterocycles. The largest absolute Gasteiger partial charge is 0.379 e. The number of aromatic nitrogens is 2. The number of fused-ring (bicyclic) bond motifs is 1. The molecule has 3 heterocycles. The van der Waals surface area contributed by atoms with Crippen molar-refractivity contribution >= 4 is 16.8 Å². The molecule has 5 rings (SSSR count). The standard InChI is InChI=1S/C28H30N4O3/c1-19-6-2-3-7-21(19)25-23-18-20(27(33)29-12-5-13-32-14-16-35-17-15-32)9-10-24(23)31-26(25)22-8-4-11-30-28(22)34/h2-4,6-11,18,31H,5,12-17H2,1H3,(H,29,33)(H,30,34). The summed E-state index contributed by atoms with van der Waals surface area (Å²) in [6.45, 7) is 7.09. The van der Waals surface area contributed by atoms with E-state index in [0.717, 1.165) is 72.6 Å². The molecular weight excluding hydrogens is 440 g/mol. The lowest BCUT2D eigenvalue weighted by molar-refractivity contribution is 0.0374. The van der Waals surface area contributed by atoms with Crippen molar-refractivity contribution in [3.63, 3.8) is 0 Å². The van der Waals surface area contributed by atoms with Gasteiger partial charge < -0.3 is 20.0 Å². The van der Waals surface area contributed by atoms with Crippen LogP contribution < -0.4 is 10.9 Å². The zero-order valence-corrected chi connectivity index (χ0v) is 19.9. The van der Waals surface area contributed by atoms with Gasteiger partial charge in [0, 0.05) is 47.9 Å². The Morgan fingerprint density at radius 2 is 1.86 bits per heavy atom. The van der Waals surface area contributed by atoms with Gasteiger partial charge in [0.2, 0.25) is 0 Å². The van der Waals surface area contributed by atoms with Gasteiger partial charge in [0.15, 0.2) is 0 Å². The van der Waals surface area contributed by atoms with E-state index in [9.17, 15) is 9.59 Å². The van der Waals surface area contributed by atoms with Gasteiger partial charge in [-0.2, -0.15) is 0 Å². The van der Waals surface area contributed by atoms with Crippen LogP contribution in [0.25, 0.3) is 33.3 Å². The van der Waals surface area contributed by atoms with E-state index < -0.39 is 0 Å². The number of ether oxygens (including phenoxy) is 1. The van der Waals surface area contributed by atoms with Crippen LogP contribution in [0.1, 0.15) is 22.3 Å². The molecule has 0 aliphatic carbocycles. The first kappa shape index (κ1) is 23.1. The average Bonchev–Trinajstić information content (AvgIpc) is 3.26. The number of H-pyrrole nitrogens is 2. The van der Waals surface area contributed by atoms with E-state index in [1.165, 1.54) is 0 Å². The van der Waals surface area contributed by atoms with Crippen molar-refractivity contribution in [1.82, 2.24) is 20.2 Å². The maximum Gasteiger partial charge on any atom is 0.257 e.